The van der Waals surface area contributed by atoms with E-state index in [1.54, 1.807) is 58.0 Å². The van der Waals surface area contributed by atoms with Gasteiger partial charge < -0.3 is 4.74 Å². The van der Waals surface area contributed by atoms with Gasteiger partial charge in [0.2, 0.25) is 6.04 Å². The third-order valence-electron chi connectivity index (χ3n) is 3.69. The Morgan fingerprint density at radius 3 is 2.20 bits per heavy atom. The third-order valence-corrected chi connectivity index (χ3v) is 3.69. The molecule has 0 radical (unpaired) electrons. The predicted octanol–water partition coefficient (Wildman–Crippen LogP) is 3.54. The molecule has 0 spiro atoms. The van der Waals surface area contributed by atoms with Crippen LogP contribution in [0.3, 0.4) is 0 Å². The molecule has 6 nitrogen and oxygen atoms in total. The van der Waals surface area contributed by atoms with E-state index in [2.05, 4.69) is 0 Å². The van der Waals surface area contributed by atoms with E-state index >= 15 is 0 Å². The van der Waals surface area contributed by atoms with Gasteiger partial charge in [0.15, 0.2) is 5.78 Å². The monoisotopic (exact) mass is 347 g/mol. The lowest BCUT2D eigenvalue weighted by Crippen LogP contribution is -2.41. The number of ether oxygens (including phenoxy) is 1. The number of nitro groups is 1. The van der Waals surface area contributed by atoms with Gasteiger partial charge in [-0.05, 0) is 39.3 Å². The molecule has 0 amide bonds. The minimum atomic E-state index is -1.28. The summed E-state index contributed by atoms with van der Waals surface area (Å²) in [7, 11) is 0. The topological polar surface area (TPSA) is 86.5 Å². The second-order valence-corrected chi connectivity index (χ2v) is 6.88. The molecule has 25 heavy (non-hydrogen) atoms. The number of carbonyl (C=O) groups is 2. The van der Waals surface area contributed by atoms with Crippen molar-refractivity contribution in [1.82, 2.24) is 0 Å². The summed E-state index contributed by atoms with van der Waals surface area (Å²) in [6.07, 6.45) is 2.77. The molecule has 0 bridgehead atoms. The van der Waals surface area contributed by atoms with Gasteiger partial charge in [0.05, 0.1) is 5.92 Å². The molecular weight excluding hydrogens is 322 g/mol. The number of allylic oxidation sites excluding steroid dienone is 2. The normalized spacial score (nSPS) is 15.4. The highest BCUT2D eigenvalue weighted by atomic mass is 16.6. The zero-order valence-corrected chi connectivity index (χ0v) is 15.3. The van der Waals surface area contributed by atoms with Crippen LogP contribution < -0.4 is 0 Å². The molecule has 136 valence electrons. The minimum Gasteiger partial charge on any atom is -0.459 e. The summed E-state index contributed by atoms with van der Waals surface area (Å²) in [5.41, 5.74) is -0.245. The average molecular weight is 347 g/mol. The first-order chi connectivity index (χ1) is 11.6. The Bertz CT molecular complexity index is 646. The van der Waals surface area contributed by atoms with E-state index in [-0.39, 0.29) is 0 Å². The molecule has 0 aliphatic rings. The molecule has 0 aromatic heterocycles. The Balaban J connectivity index is 3.44. The van der Waals surface area contributed by atoms with Gasteiger partial charge >= 0.3 is 5.97 Å². The van der Waals surface area contributed by atoms with Crippen LogP contribution >= 0.6 is 0 Å². The lowest BCUT2D eigenvalue weighted by atomic mass is 9.78. The Morgan fingerprint density at radius 1 is 1.20 bits per heavy atom. The van der Waals surface area contributed by atoms with Crippen molar-refractivity contribution in [1.29, 1.82) is 0 Å². The minimum absolute atomic E-state index is 0.474. The largest absolute Gasteiger partial charge is 0.459 e. The van der Waals surface area contributed by atoms with Crippen molar-refractivity contribution < 1.29 is 19.2 Å². The van der Waals surface area contributed by atoms with Crippen molar-refractivity contribution in [2.24, 2.45) is 5.92 Å². The predicted molar refractivity (Wildman–Crippen MR) is 94.8 cm³/mol. The van der Waals surface area contributed by atoms with Crippen LogP contribution in [-0.4, -0.2) is 28.3 Å². The third kappa shape index (κ3) is 5.81. The molecule has 0 aliphatic carbocycles. The smallest absolute Gasteiger partial charge is 0.318 e. The van der Waals surface area contributed by atoms with Crippen molar-refractivity contribution >= 4 is 11.8 Å². The van der Waals surface area contributed by atoms with Crippen molar-refractivity contribution in [2.45, 2.75) is 52.2 Å². The van der Waals surface area contributed by atoms with Gasteiger partial charge in [-0.15, -0.1) is 0 Å². The van der Waals surface area contributed by atoms with E-state index in [4.69, 9.17) is 4.74 Å². The maximum absolute atomic E-state index is 12.7. The van der Waals surface area contributed by atoms with Crippen molar-refractivity contribution in [3.63, 3.8) is 0 Å². The zero-order chi connectivity index (χ0) is 19.2. The Kier molecular flexibility index (Phi) is 7.03. The van der Waals surface area contributed by atoms with Gasteiger partial charge in [0.1, 0.15) is 11.5 Å². The number of hydrogen-bond donors (Lipinski definition) is 0. The lowest BCUT2D eigenvalue weighted by Gasteiger charge is -2.28. The highest BCUT2D eigenvalue weighted by Crippen LogP contribution is 2.33. The van der Waals surface area contributed by atoms with Crippen LogP contribution in [0, 0.1) is 16.0 Å². The SMILES string of the molecule is C/C=C/C(=O)[C@H](C(=O)OC(C)(C)C)[C@H](c1ccccc1)[C@H](C)[N+](=O)[O-]. The fraction of sp³-hybridized carbons (Fsp3) is 0.474. The fourth-order valence-corrected chi connectivity index (χ4v) is 2.63. The van der Waals surface area contributed by atoms with Crippen LogP contribution in [0.4, 0.5) is 0 Å². The number of rotatable bonds is 7. The van der Waals surface area contributed by atoms with Crippen molar-refractivity contribution in [3.8, 4) is 0 Å². The van der Waals surface area contributed by atoms with Crippen LogP contribution in [0.1, 0.15) is 46.1 Å². The van der Waals surface area contributed by atoms with Crippen LogP contribution in [0.5, 0.6) is 0 Å². The molecule has 0 fully saturated rings. The molecule has 3 atom stereocenters. The van der Waals surface area contributed by atoms with Gasteiger partial charge in [0.25, 0.3) is 0 Å². The van der Waals surface area contributed by atoms with E-state index < -0.39 is 40.2 Å². The molecule has 0 saturated heterocycles. The van der Waals surface area contributed by atoms with Gasteiger partial charge in [-0.1, -0.05) is 36.4 Å². The summed E-state index contributed by atoms with van der Waals surface area (Å²) in [6, 6.07) is 7.46. The highest BCUT2D eigenvalue weighted by Gasteiger charge is 2.44. The number of esters is 1. The van der Waals surface area contributed by atoms with E-state index in [1.165, 1.54) is 19.1 Å². The summed E-state index contributed by atoms with van der Waals surface area (Å²) in [4.78, 5) is 36.3. The molecular formula is C19H25NO5. The van der Waals surface area contributed by atoms with Gasteiger partial charge in [-0.2, -0.15) is 0 Å². The van der Waals surface area contributed by atoms with Gasteiger partial charge in [-0.25, -0.2) is 0 Å². The summed E-state index contributed by atoms with van der Waals surface area (Å²) < 4.78 is 5.38. The summed E-state index contributed by atoms with van der Waals surface area (Å²) in [5.74, 6) is -3.45. The first-order valence-electron chi connectivity index (χ1n) is 8.16. The van der Waals surface area contributed by atoms with E-state index in [1.807, 2.05) is 0 Å². The fourth-order valence-electron chi connectivity index (χ4n) is 2.63. The maximum Gasteiger partial charge on any atom is 0.318 e. The highest BCUT2D eigenvalue weighted by molar-refractivity contribution is 6.06. The molecule has 0 aliphatic heterocycles. The number of hydrogen-bond acceptors (Lipinski definition) is 5. The standard InChI is InChI=1S/C19H25NO5/c1-6-10-15(21)17(18(22)25-19(3,4)5)16(13(2)20(23)24)14-11-8-7-9-12-14/h6-13,16-17H,1-5H3/b10-6+/t13-,16-,17-/m0/s1. The molecule has 0 saturated carbocycles. The van der Waals surface area contributed by atoms with E-state index in [9.17, 15) is 19.7 Å². The molecule has 0 unspecified atom stereocenters. The second-order valence-electron chi connectivity index (χ2n) is 6.88. The van der Waals surface area contributed by atoms with E-state index in [0.717, 1.165) is 0 Å². The van der Waals surface area contributed by atoms with Gasteiger partial charge in [-0.3, -0.25) is 19.7 Å². The summed E-state index contributed by atoms with van der Waals surface area (Å²) >= 11 is 0. The number of ketones is 1. The van der Waals surface area contributed by atoms with Crippen molar-refractivity contribution in [3.05, 3.63) is 58.2 Å². The zero-order valence-electron chi connectivity index (χ0n) is 15.3. The maximum atomic E-state index is 12.7. The molecule has 1 rings (SSSR count). The van der Waals surface area contributed by atoms with Crippen LogP contribution in [0.2, 0.25) is 0 Å². The molecule has 0 heterocycles. The lowest BCUT2D eigenvalue weighted by molar-refractivity contribution is -0.523. The van der Waals surface area contributed by atoms with Crippen LogP contribution in [-0.2, 0) is 14.3 Å². The van der Waals surface area contributed by atoms with Crippen LogP contribution in [0.25, 0.3) is 0 Å². The number of benzene rings is 1. The molecule has 1 aromatic carbocycles. The van der Waals surface area contributed by atoms with Crippen molar-refractivity contribution in [2.75, 3.05) is 0 Å². The molecule has 6 heteroatoms. The molecule has 0 N–H and O–H groups in total. The summed E-state index contributed by atoms with van der Waals surface area (Å²) in [5, 5.41) is 11.4. The van der Waals surface area contributed by atoms with Gasteiger partial charge in [0, 0.05) is 11.8 Å². The first kappa shape index (κ1) is 20.5. The Labute approximate surface area is 148 Å². The quantitative estimate of drug-likeness (QED) is 0.247. The van der Waals surface area contributed by atoms with E-state index in [0.29, 0.717) is 5.56 Å². The number of carbonyl (C=O) groups excluding carboxylic acids is 2. The van der Waals surface area contributed by atoms with Crippen LogP contribution in [0.15, 0.2) is 42.5 Å². The molecule has 1 aromatic rings. The summed E-state index contributed by atoms with van der Waals surface area (Å²) in [6.45, 7) is 8.13. The number of nitrogens with zero attached hydrogens (tertiary/aromatic N) is 1. The first-order valence-corrected chi connectivity index (χ1v) is 8.16. The second kappa shape index (κ2) is 8.55. The Hall–Kier alpha value is -2.50. The Morgan fingerprint density at radius 2 is 1.76 bits per heavy atom. The average Bonchev–Trinajstić information content (AvgIpc) is 2.50.